The van der Waals surface area contributed by atoms with E-state index in [1.54, 1.807) is 0 Å². The Labute approximate surface area is 256 Å². The monoisotopic (exact) mass is 559 g/mol. The van der Waals surface area contributed by atoms with Crippen LogP contribution < -0.4 is 0 Å². The maximum atomic E-state index is 4.50. The number of hydrogen-bond donors (Lipinski definition) is 0. The summed E-state index contributed by atoms with van der Waals surface area (Å²) >= 11 is 0. The molecule has 0 aromatic heterocycles. The SMILES string of the molecule is C#C.C=C(C)C(CCC(C)C(C)C)C(CC(C)C(CCC)CCCC(CC)CC(C)C(C)CCCCC)C(C)C. The van der Waals surface area contributed by atoms with E-state index in [-0.39, 0.29) is 0 Å². The van der Waals surface area contributed by atoms with Gasteiger partial charge in [0.2, 0.25) is 0 Å². The van der Waals surface area contributed by atoms with Crippen molar-refractivity contribution < 1.29 is 0 Å². The lowest BCUT2D eigenvalue weighted by Crippen LogP contribution is -2.27. The van der Waals surface area contributed by atoms with E-state index in [4.69, 9.17) is 0 Å². The summed E-state index contributed by atoms with van der Waals surface area (Å²) in [4.78, 5) is 0. The summed E-state index contributed by atoms with van der Waals surface area (Å²) in [7, 11) is 0. The third-order valence-electron chi connectivity index (χ3n) is 10.9. The van der Waals surface area contributed by atoms with Gasteiger partial charge in [-0.3, -0.25) is 0 Å². The molecule has 238 valence electrons. The Morgan fingerprint density at radius 1 is 0.575 bits per heavy atom. The van der Waals surface area contributed by atoms with E-state index in [2.05, 4.69) is 103 Å². The highest BCUT2D eigenvalue weighted by molar-refractivity contribution is 5.00. The van der Waals surface area contributed by atoms with Crippen molar-refractivity contribution >= 4 is 0 Å². The van der Waals surface area contributed by atoms with Crippen molar-refractivity contribution in [2.75, 3.05) is 0 Å². The summed E-state index contributed by atoms with van der Waals surface area (Å²) in [6.45, 7) is 33.8. The lowest BCUT2D eigenvalue weighted by Gasteiger charge is -2.36. The van der Waals surface area contributed by atoms with E-state index < -0.39 is 0 Å². The van der Waals surface area contributed by atoms with Gasteiger partial charge in [0.1, 0.15) is 0 Å². The van der Waals surface area contributed by atoms with Crippen LogP contribution in [0.2, 0.25) is 0 Å². The Morgan fingerprint density at radius 3 is 1.68 bits per heavy atom. The van der Waals surface area contributed by atoms with Gasteiger partial charge in [0.05, 0.1) is 0 Å². The molecule has 0 heterocycles. The first-order valence-electron chi connectivity index (χ1n) is 17.9. The van der Waals surface area contributed by atoms with E-state index in [1.807, 2.05) is 0 Å². The van der Waals surface area contributed by atoms with Crippen LogP contribution in [0.3, 0.4) is 0 Å². The number of terminal acetylenes is 1. The van der Waals surface area contributed by atoms with Gasteiger partial charge in [-0.2, -0.15) is 0 Å². The van der Waals surface area contributed by atoms with Crippen LogP contribution in [0.1, 0.15) is 173 Å². The molecule has 40 heavy (non-hydrogen) atoms. The fourth-order valence-electron chi connectivity index (χ4n) is 7.12. The van der Waals surface area contributed by atoms with Crippen LogP contribution in [0.4, 0.5) is 0 Å². The molecule has 0 aliphatic heterocycles. The predicted octanol–water partition coefficient (Wildman–Crippen LogP) is 13.7. The molecule has 0 nitrogen and oxygen atoms in total. The van der Waals surface area contributed by atoms with Crippen molar-refractivity contribution in [1.82, 2.24) is 0 Å². The highest BCUT2D eigenvalue weighted by Gasteiger charge is 2.30. The second kappa shape index (κ2) is 24.9. The molecule has 0 fully saturated rings. The molecule has 0 amide bonds. The fourth-order valence-corrected chi connectivity index (χ4v) is 7.12. The van der Waals surface area contributed by atoms with Crippen LogP contribution in [-0.2, 0) is 0 Å². The molecular formula is C40H78. The standard InChI is InChI=1S/C38H76.C2H2/c1-14-17-18-21-32(11)33(12)26-35(16-3)22-19-23-36(20-15-2)34(13)27-38(30(8)9)37(29(6)7)25-24-31(10)28(4)5;1-2/h28,30-38H,6,14-27H2,1-5,7-13H3;1-2H. The van der Waals surface area contributed by atoms with Crippen LogP contribution in [0.5, 0.6) is 0 Å². The minimum absolute atomic E-state index is 0.686. The zero-order chi connectivity index (χ0) is 31.3. The third kappa shape index (κ3) is 18.0. The quantitative estimate of drug-likeness (QED) is 0.0627. The highest BCUT2D eigenvalue weighted by atomic mass is 14.3. The lowest BCUT2D eigenvalue weighted by molar-refractivity contribution is 0.170. The summed E-state index contributed by atoms with van der Waals surface area (Å²) < 4.78 is 0. The number of rotatable bonds is 24. The first kappa shape index (κ1) is 41.4. The topological polar surface area (TPSA) is 0 Å². The molecule has 0 heteroatoms. The number of unbranched alkanes of at least 4 members (excludes halogenated alkanes) is 2. The Bertz CT molecular complexity index is 594. The van der Waals surface area contributed by atoms with Gasteiger partial charge in [0, 0.05) is 0 Å². The predicted molar refractivity (Wildman–Crippen MR) is 187 cm³/mol. The van der Waals surface area contributed by atoms with Gasteiger partial charge in [0.25, 0.3) is 0 Å². The number of hydrogen-bond acceptors (Lipinski definition) is 0. The molecule has 8 atom stereocenters. The highest BCUT2D eigenvalue weighted by Crippen LogP contribution is 2.40. The zero-order valence-electron chi connectivity index (χ0n) is 30.0. The van der Waals surface area contributed by atoms with E-state index in [1.165, 1.54) is 95.5 Å². The first-order chi connectivity index (χ1) is 18.9. The minimum atomic E-state index is 0.686. The molecule has 0 aliphatic carbocycles. The average Bonchev–Trinajstić information content (AvgIpc) is 2.91. The van der Waals surface area contributed by atoms with E-state index in [0.29, 0.717) is 5.92 Å². The smallest absolute Gasteiger partial charge is 0.0178 e. The molecule has 0 aromatic carbocycles. The summed E-state index contributed by atoms with van der Waals surface area (Å²) in [5.41, 5.74) is 1.43. The van der Waals surface area contributed by atoms with Crippen molar-refractivity contribution in [3.05, 3.63) is 12.2 Å². The molecule has 8 unspecified atom stereocenters. The maximum absolute atomic E-state index is 4.50. The van der Waals surface area contributed by atoms with Crippen molar-refractivity contribution in [3.8, 4) is 12.8 Å². The Morgan fingerprint density at radius 2 is 1.20 bits per heavy atom. The lowest BCUT2D eigenvalue weighted by atomic mass is 9.69. The molecule has 0 radical (unpaired) electrons. The third-order valence-corrected chi connectivity index (χ3v) is 10.9. The summed E-state index contributed by atoms with van der Waals surface area (Å²) in [6, 6.07) is 0. The van der Waals surface area contributed by atoms with Crippen LogP contribution >= 0.6 is 0 Å². The largest absolute Gasteiger partial charge is 0.124 e. The summed E-state index contributed by atoms with van der Waals surface area (Å²) in [5, 5.41) is 0. The summed E-state index contributed by atoms with van der Waals surface area (Å²) in [6.07, 6.45) is 27.6. The van der Waals surface area contributed by atoms with Gasteiger partial charge in [-0.25, -0.2) is 0 Å². The minimum Gasteiger partial charge on any atom is -0.124 e. The molecule has 0 saturated heterocycles. The van der Waals surface area contributed by atoms with Crippen molar-refractivity contribution in [1.29, 1.82) is 0 Å². The van der Waals surface area contributed by atoms with Crippen LogP contribution in [0, 0.1) is 72.0 Å². The Hall–Kier alpha value is -0.700. The van der Waals surface area contributed by atoms with Gasteiger partial charge in [-0.1, -0.05) is 153 Å². The van der Waals surface area contributed by atoms with E-state index in [9.17, 15) is 0 Å². The molecular weight excluding hydrogens is 480 g/mol. The zero-order valence-corrected chi connectivity index (χ0v) is 30.0. The second-order valence-electron chi connectivity index (χ2n) is 14.8. The van der Waals surface area contributed by atoms with Crippen molar-refractivity contribution in [2.45, 2.75) is 173 Å². The molecule has 0 saturated carbocycles. The normalized spacial score (nSPS) is 17.8. The van der Waals surface area contributed by atoms with Gasteiger partial charge in [-0.15, -0.1) is 12.8 Å². The molecule has 0 bridgehead atoms. The van der Waals surface area contributed by atoms with Crippen LogP contribution in [0.25, 0.3) is 0 Å². The van der Waals surface area contributed by atoms with E-state index >= 15 is 0 Å². The first-order valence-corrected chi connectivity index (χ1v) is 17.9. The molecule has 0 rings (SSSR count). The van der Waals surface area contributed by atoms with Crippen molar-refractivity contribution in [3.63, 3.8) is 0 Å². The summed E-state index contributed by atoms with van der Waals surface area (Å²) in [5.74, 6) is 8.21. The van der Waals surface area contributed by atoms with Crippen LogP contribution in [0.15, 0.2) is 12.2 Å². The van der Waals surface area contributed by atoms with Crippen molar-refractivity contribution in [2.24, 2.45) is 59.2 Å². The average molecular weight is 559 g/mol. The molecule has 0 spiro atoms. The second-order valence-corrected chi connectivity index (χ2v) is 14.8. The van der Waals surface area contributed by atoms with Gasteiger partial charge in [-0.05, 0) is 91.8 Å². The van der Waals surface area contributed by atoms with Crippen LogP contribution in [-0.4, -0.2) is 0 Å². The van der Waals surface area contributed by atoms with Gasteiger partial charge >= 0.3 is 0 Å². The Kier molecular flexibility index (Phi) is 25.7. The molecule has 0 N–H and O–H groups in total. The van der Waals surface area contributed by atoms with Gasteiger partial charge < -0.3 is 0 Å². The van der Waals surface area contributed by atoms with Gasteiger partial charge in [0.15, 0.2) is 0 Å². The molecule has 0 aromatic rings. The number of allylic oxidation sites excluding steroid dienone is 1. The Balaban J connectivity index is 0. The maximum Gasteiger partial charge on any atom is -0.0178 e. The molecule has 0 aliphatic rings. The van der Waals surface area contributed by atoms with E-state index in [0.717, 1.165) is 53.3 Å². The fraction of sp³-hybridized carbons (Fsp3) is 0.900.